The lowest BCUT2D eigenvalue weighted by atomic mass is 10.1. The molecule has 0 fully saturated rings. The Kier molecular flexibility index (Phi) is 3.52. The minimum atomic E-state index is -4.96. The van der Waals surface area contributed by atoms with Crippen LogP contribution in [0.5, 0.6) is 11.5 Å². The van der Waals surface area contributed by atoms with E-state index in [1.165, 1.54) is 30.3 Å². The first-order valence-corrected chi connectivity index (χ1v) is 9.56. The molecule has 0 aliphatic rings. The first kappa shape index (κ1) is 9.95. The van der Waals surface area contributed by atoms with Crippen molar-refractivity contribution < 1.29 is 42.2 Å². The van der Waals surface area contributed by atoms with Crippen LogP contribution >= 0.6 is 0 Å². The number of hydrogen-bond donors (Lipinski definition) is 2. The van der Waals surface area contributed by atoms with Gasteiger partial charge in [-0.2, -0.15) is 0 Å². The van der Waals surface area contributed by atoms with Gasteiger partial charge in [-0.1, -0.05) is 44.6 Å². The highest BCUT2D eigenvalue weighted by atomic mass is 32.2. The Labute approximate surface area is 191 Å². The molecule has 0 radical (unpaired) electrons. The maximum atomic E-state index is 12.6. The number of benzene rings is 2. The van der Waals surface area contributed by atoms with E-state index >= 15 is 0 Å². The van der Waals surface area contributed by atoms with Gasteiger partial charge in [0.25, 0.3) is 0 Å². The van der Waals surface area contributed by atoms with Crippen LogP contribution in [0, 0.1) is 0 Å². The largest absolute Gasteiger partial charge is 0.478 e. The molecule has 7 nitrogen and oxygen atoms in total. The molecule has 8 heteroatoms. The molecule has 0 saturated carbocycles. The molecule has 29 heavy (non-hydrogen) atoms. The zero-order valence-electron chi connectivity index (χ0n) is 29.0. The second-order valence-electron chi connectivity index (χ2n) is 5.45. The van der Waals surface area contributed by atoms with Gasteiger partial charge in [-0.25, -0.2) is 18.4 Å². The van der Waals surface area contributed by atoms with Gasteiger partial charge in [0, 0.05) is 32.2 Å². The third-order valence-electron chi connectivity index (χ3n) is 3.44. The Hall–Kier alpha value is -2.58. The molecule has 0 atom stereocenters. The van der Waals surface area contributed by atoms with Gasteiger partial charge in [0.15, 0.2) is 5.75 Å². The number of anilines is 1. The van der Waals surface area contributed by atoms with E-state index in [4.69, 9.17) is 29.1 Å². The second-order valence-corrected chi connectivity index (χ2v) is 6.98. The van der Waals surface area contributed by atoms with E-state index in [9.17, 15) is 18.3 Å². The van der Waals surface area contributed by atoms with Crippen LogP contribution in [-0.2, 0) is 10.0 Å². The molecule has 0 spiro atoms. The van der Waals surface area contributed by atoms with Crippen LogP contribution in [0.15, 0.2) is 47.4 Å². The highest BCUT2D eigenvalue weighted by Crippen LogP contribution is 2.39. The molecule has 0 amide bonds. The Balaban J connectivity index is 3.12. The summed E-state index contributed by atoms with van der Waals surface area (Å²) in [6.45, 7) is -14.1. The molecule has 0 saturated heterocycles. The average Bonchev–Trinajstić information content (AvgIpc) is 2.76. The Morgan fingerprint density at radius 3 is 2.31 bits per heavy atom. The highest BCUT2D eigenvalue weighted by molar-refractivity contribution is 7.89. The smallest absolute Gasteiger partial charge is 0.335 e. The molecule has 2 aromatic carbocycles. The van der Waals surface area contributed by atoms with Crippen molar-refractivity contribution in [3.63, 3.8) is 0 Å². The Bertz CT molecular complexity index is 1400. The maximum absolute atomic E-state index is 12.6. The summed E-state index contributed by atoms with van der Waals surface area (Å²) in [6, 6.07) is 7.96. The molecular formula is C21H28N2O5S. The van der Waals surface area contributed by atoms with Crippen molar-refractivity contribution in [2.24, 2.45) is 5.14 Å². The second kappa shape index (κ2) is 10.3. The van der Waals surface area contributed by atoms with Crippen LogP contribution in [0.25, 0.3) is 0 Å². The van der Waals surface area contributed by atoms with Crippen molar-refractivity contribution in [1.29, 1.82) is 0 Å². The summed E-state index contributed by atoms with van der Waals surface area (Å²) in [5.74, 6) is -2.97. The average molecular weight is 435 g/mol. The third kappa shape index (κ3) is 6.20. The lowest BCUT2D eigenvalue weighted by molar-refractivity contribution is 0.0696. The summed E-state index contributed by atoms with van der Waals surface area (Å²) < 4.78 is 142. The molecule has 158 valence electrons. The zero-order valence-corrected chi connectivity index (χ0v) is 15.8. The van der Waals surface area contributed by atoms with Crippen molar-refractivity contribution in [2.45, 2.75) is 44.2 Å². The highest BCUT2D eigenvalue weighted by Gasteiger charge is 2.26. The number of para-hydroxylation sites is 1. The van der Waals surface area contributed by atoms with Crippen LogP contribution in [0.3, 0.4) is 0 Å². The number of rotatable bonds is 11. The number of hydrogen-bond acceptors (Lipinski definition) is 5. The number of carboxylic acids is 1. The number of sulfonamides is 1. The molecule has 0 heterocycles. The topological polar surface area (TPSA) is 110 Å². The van der Waals surface area contributed by atoms with Crippen LogP contribution in [0.2, 0.25) is 0 Å². The minimum absolute atomic E-state index is 0.119. The van der Waals surface area contributed by atoms with Crippen molar-refractivity contribution in [3.8, 4) is 11.5 Å². The van der Waals surface area contributed by atoms with E-state index in [-0.39, 0.29) is 10.6 Å². The van der Waals surface area contributed by atoms with E-state index in [1.807, 2.05) is 0 Å². The Morgan fingerprint density at radius 1 is 1.17 bits per heavy atom. The standard InChI is InChI=1S/C21H28N2O5S/c1-3-5-12-23(13-6-4-2)18-14-16(21(24)25)15-19(29(22,26)27)20(18)28-17-10-8-7-9-11-17/h7-11,14-15H,3-6,12-13H2,1-2H3,(H,24,25)(H2,22,26,27)/i1D3,2D3,3D2,4D2,12D2,13D2. The number of primary sulfonamides is 1. The monoisotopic (exact) mass is 434 g/mol. The molecule has 0 unspecified atom stereocenters. The minimum Gasteiger partial charge on any atom is -0.478 e. The summed E-state index contributed by atoms with van der Waals surface area (Å²) in [5, 5.41) is 15.0. The van der Waals surface area contributed by atoms with E-state index in [1.54, 1.807) is 0 Å². The third-order valence-corrected chi connectivity index (χ3v) is 4.36. The van der Waals surface area contributed by atoms with E-state index < -0.39 is 90.2 Å². The maximum Gasteiger partial charge on any atom is 0.335 e. The first-order chi connectivity index (χ1) is 19.0. The quantitative estimate of drug-likeness (QED) is 0.547. The molecule has 0 bridgehead atoms. The van der Waals surface area contributed by atoms with E-state index in [0.29, 0.717) is 12.1 Å². The molecule has 2 aromatic rings. The van der Waals surface area contributed by atoms with E-state index in [2.05, 4.69) is 0 Å². The number of carbonyl (C=O) groups is 1. The van der Waals surface area contributed by atoms with E-state index in [0.717, 1.165) is 0 Å². The summed E-state index contributed by atoms with van der Waals surface area (Å²) in [7, 11) is -4.96. The SMILES string of the molecule is [2H]C([2H])(CC([2H])([2H])C([2H])([2H])[2H])N(c1cc(C(=O)O)cc(S(N)(=O)=O)c1Oc1ccccc1)C([2H])([2H])CC([2H])([2H])C([2H])([2H])[2H]. The number of aromatic carboxylic acids is 1. The number of nitrogens with two attached hydrogens (primary N) is 1. The first-order valence-electron chi connectivity index (χ1n) is 15.0. The van der Waals surface area contributed by atoms with Crippen LogP contribution in [0.1, 0.15) is 68.8 Å². The lowest BCUT2D eigenvalue weighted by Crippen LogP contribution is -2.27. The van der Waals surface area contributed by atoms with Crippen molar-refractivity contribution in [1.82, 2.24) is 0 Å². The van der Waals surface area contributed by atoms with Crippen molar-refractivity contribution in [2.75, 3.05) is 17.9 Å². The van der Waals surface area contributed by atoms with Gasteiger partial charge in [-0.3, -0.25) is 0 Å². The fourth-order valence-corrected chi connectivity index (χ4v) is 2.96. The number of ether oxygens (including phenoxy) is 1. The van der Waals surface area contributed by atoms with Gasteiger partial charge in [-0.05, 0) is 37.1 Å². The zero-order chi connectivity index (χ0) is 33.6. The molecule has 0 aliphatic carbocycles. The van der Waals surface area contributed by atoms with Crippen LogP contribution in [-0.4, -0.2) is 32.5 Å². The van der Waals surface area contributed by atoms with Gasteiger partial charge in [-0.15, -0.1) is 0 Å². The van der Waals surface area contributed by atoms with Gasteiger partial charge < -0.3 is 14.7 Å². The number of carboxylic acid groups (broad SMARTS) is 1. The van der Waals surface area contributed by atoms with Gasteiger partial charge in [0.2, 0.25) is 10.0 Å². The molecule has 2 rings (SSSR count). The molecule has 0 aliphatic heterocycles. The molecule has 0 aromatic heterocycles. The van der Waals surface area contributed by atoms with Crippen molar-refractivity contribution >= 4 is 21.7 Å². The summed E-state index contributed by atoms with van der Waals surface area (Å²) in [4.78, 5) is 10.8. The van der Waals surface area contributed by atoms with Crippen molar-refractivity contribution in [3.05, 3.63) is 48.0 Å². The molecule has 3 N–H and O–H groups in total. The summed E-state index contributed by atoms with van der Waals surface area (Å²) >= 11 is 0. The summed E-state index contributed by atoms with van der Waals surface area (Å²) in [5.41, 5.74) is -2.00. The Morgan fingerprint density at radius 2 is 1.79 bits per heavy atom. The number of nitrogens with zero attached hydrogens (tertiary/aromatic N) is 1. The van der Waals surface area contributed by atoms with Crippen LogP contribution < -0.4 is 14.8 Å². The summed E-state index contributed by atoms with van der Waals surface area (Å²) in [6.07, 6.45) is -10.2. The lowest BCUT2D eigenvalue weighted by Gasteiger charge is -2.28. The van der Waals surface area contributed by atoms with Crippen LogP contribution in [0.4, 0.5) is 5.69 Å². The molecular weight excluding hydrogens is 392 g/mol. The van der Waals surface area contributed by atoms with Gasteiger partial charge >= 0.3 is 5.97 Å². The predicted octanol–water partition coefficient (Wildman–Crippen LogP) is 4.23. The van der Waals surface area contributed by atoms with Gasteiger partial charge in [0.1, 0.15) is 10.6 Å². The fraction of sp³-hybridized carbons (Fsp3) is 0.381. The predicted molar refractivity (Wildman–Crippen MR) is 113 cm³/mol. The fourth-order valence-electron chi connectivity index (χ4n) is 2.26. The normalized spacial score (nSPS) is 21.3. The van der Waals surface area contributed by atoms with Gasteiger partial charge in [0.05, 0.1) is 11.3 Å².